The van der Waals surface area contributed by atoms with Gasteiger partial charge in [-0.1, -0.05) is 17.7 Å². The van der Waals surface area contributed by atoms with Crippen molar-refractivity contribution in [2.45, 2.75) is 37.6 Å². The molecule has 1 aliphatic heterocycles. The Morgan fingerprint density at radius 3 is 2.40 bits per heavy atom. The SMILES string of the molecule is COC(=O)c1coc(C2CCC(C3=CC(c4ccc(F)c(F)c4Cl)N=C(c4ncc(F)cc4F)N3C(=O)OC)CC2)n1. The highest BCUT2D eigenvalue weighted by Gasteiger charge is 2.39. The number of nitrogens with zero attached hydrogens (tertiary/aromatic N) is 4. The molecule has 220 valence electrons. The zero-order valence-corrected chi connectivity index (χ0v) is 23.0. The zero-order chi connectivity index (χ0) is 30.1. The first-order valence-electron chi connectivity index (χ1n) is 12.8. The lowest BCUT2D eigenvalue weighted by atomic mass is 9.79. The van der Waals surface area contributed by atoms with Crippen molar-refractivity contribution in [2.24, 2.45) is 10.9 Å². The van der Waals surface area contributed by atoms with Crippen LogP contribution in [-0.4, -0.2) is 47.0 Å². The molecule has 3 aromatic rings. The van der Waals surface area contributed by atoms with Gasteiger partial charge in [0.2, 0.25) is 0 Å². The minimum absolute atomic E-state index is 0.0439. The Morgan fingerprint density at radius 1 is 1.02 bits per heavy atom. The number of halogens is 5. The Hall–Kier alpha value is -4.26. The van der Waals surface area contributed by atoms with E-state index in [1.807, 2.05) is 0 Å². The Kier molecular flexibility index (Phi) is 8.30. The second-order valence-corrected chi connectivity index (χ2v) is 10.0. The van der Waals surface area contributed by atoms with Gasteiger partial charge in [0, 0.05) is 23.2 Å². The van der Waals surface area contributed by atoms with Gasteiger partial charge in [0.15, 0.2) is 34.9 Å². The van der Waals surface area contributed by atoms with E-state index in [1.165, 1.54) is 19.4 Å². The smallest absolute Gasteiger partial charge is 0.419 e. The van der Waals surface area contributed by atoms with Gasteiger partial charge >= 0.3 is 12.1 Å². The lowest BCUT2D eigenvalue weighted by molar-refractivity contribution is 0.0594. The number of oxazole rings is 1. The number of esters is 1. The maximum absolute atomic E-state index is 15.0. The topological polar surface area (TPSA) is 107 Å². The average molecular weight is 607 g/mol. The Bertz CT molecular complexity index is 1600. The number of carbonyl (C=O) groups is 2. The van der Waals surface area contributed by atoms with Gasteiger partial charge in [-0.05, 0) is 43.7 Å². The summed E-state index contributed by atoms with van der Waals surface area (Å²) in [7, 11) is 2.36. The largest absolute Gasteiger partial charge is 0.464 e. The second kappa shape index (κ2) is 11.9. The van der Waals surface area contributed by atoms with Crippen LogP contribution >= 0.6 is 11.6 Å². The highest BCUT2D eigenvalue weighted by atomic mass is 35.5. The molecule has 2 aliphatic rings. The molecule has 0 bridgehead atoms. The molecule has 1 aromatic carbocycles. The van der Waals surface area contributed by atoms with Gasteiger partial charge < -0.3 is 13.9 Å². The molecule has 9 nitrogen and oxygen atoms in total. The van der Waals surface area contributed by atoms with Crippen LogP contribution < -0.4 is 0 Å². The summed E-state index contributed by atoms with van der Waals surface area (Å²) in [6, 6.07) is 1.62. The van der Waals surface area contributed by atoms with Crippen LogP contribution in [0.2, 0.25) is 5.02 Å². The highest BCUT2D eigenvalue weighted by molar-refractivity contribution is 6.31. The summed E-state index contributed by atoms with van der Waals surface area (Å²) in [5.41, 5.74) is -0.0204. The number of pyridine rings is 1. The third kappa shape index (κ3) is 5.48. The fraction of sp³-hybridized carbons (Fsp3) is 0.321. The van der Waals surface area contributed by atoms with Crippen molar-refractivity contribution in [3.05, 3.63) is 93.6 Å². The molecule has 0 radical (unpaired) electrons. The molecule has 1 unspecified atom stereocenters. The van der Waals surface area contributed by atoms with Crippen molar-refractivity contribution < 1.29 is 41.0 Å². The summed E-state index contributed by atoms with van der Waals surface area (Å²) in [6.07, 6.45) is 4.63. The molecule has 1 fully saturated rings. The fourth-order valence-corrected chi connectivity index (χ4v) is 5.44. The van der Waals surface area contributed by atoms with Gasteiger partial charge in [-0.2, -0.15) is 0 Å². The minimum Gasteiger partial charge on any atom is -0.464 e. The van der Waals surface area contributed by atoms with Crippen molar-refractivity contribution in [3.8, 4) is 0 Å². The van der Waals surface area contributed by atoms with Gasteiger partial charge in [-0.15, -0.1) is 0 Å². The molecule has 0 saturated heterocycles. The number of rotatable bonds is 5. The molecule has 1 aliphatic carbocycles. The Labute approximate surface area is 241 Å². The van der Waals surface area contributed by atoms with Crippen LogP contribution in [0.15, 0.2) is 51.8 Å². The molecular weight excluding hydrogens is 584 g/mol. The third-order valence-corrected chi connectivity index (χ3v) is 7.62. The van der Waals surface area contributed by atoms with Gasteiger partial charge in [0.1, 0.15) is 17.8 Å². The predicted molar refractivity (Wildman–Crippen MR) is 140 cm³/mol. The molecule has 5 rings (SSSR count). The zero-order valence-electron chi connectivity index (χ0n) is 22.2. The predicted octanol–water partition coefficient (Wildman–Crippen LogP) is 6.49. The first-order valence-corrected chi connectivity index (χ1v) is 13.2. The monoisotopic (exact) mass is 606 g/mol. The molecular formula is C28H23ClF4N4O5. The van der Waals surface area contributed by atoms with Crippen molar-refractivity contribution in [3.63, 3.8) is 0 Å². The van der Waals surface area contributed by atoms with E-state index >= 15 is 4.39 Å². The van der Waals surface area contributed by atoms with E-state index in [4.69, 9.17) is 20.8 Å². The van der Waals surface area contributed by atoms with E-state index in [-0.39, 0.29) is 28.9 Å². The first-order chi connectivity index (χ1) is 20.1. The number of ether oxygens (including phenoxy) is 2. The van der Waals surface area contributed by atoms with Crippen LogP contribution in [-0.2, 0) is 9.47 Å². The van der Waals surface area contributed by atoms with Gasteiger partial charge in [-0.25, -0.2) is 42.0 Å². The number of allylic oxidation sites excluding steroid dienone is 1. The molecule has 1 atom stereocenters. The molecule has 2 aromatic heterocycles. The van der Waals surface area contributed by atoms with E-state index in [9.17, 15) is 22.8 Å². The number of hydrogen-bond acceptors (Lipinski definition) is 8. The van der Waals surface area contributed by atoms with Crippen LogP contribution in [0.4, 0.5) is 22.4 Å². The van der Waals surface area contributed by atoms with E-state index < -0.39 is 52.1 Å². The number of benzene rings is 1. The van der Waals surface area contributed by atoms with Crippen molar-refractivity contribution in [1.82, 2.24) is 14.9 Å². The van der Waals surface area contributed by atoms with E-state index in [0.29, 0.717) is 43.3 Å². The third-order valence-electron chi connectivity index (χ3n) is 7.23. The highest BCUT2D eigenvalue weighted by Crippen LogP contribution is 2.43. The number of aliphatic imine (C=N–C) groups is 1. The number of aromatic nitrogens is 2. The molecule has 0 spiro atoms. The van der Waals surface area contributed by atoms with Crippen LogP contribution in [0.25, 0.3) is 0 Å². The number of amidine groups is 1. The van der Waals surface area contributed by atoms with E-state index in [2.05, 4.69) is 19.7 Å². The normalized spacial score (nSPS) is 20.5. The molecule has 0 N–H and O–H groups in total. The lowest BCUT2D eigenvalue weighted by Gasteiger charge is -2.37. The second-order valence-electron chi connectivity index (χ2n) is 9.65. The van der Waals surface area contributed by atoms with Crippen molar-refractivity contribution in [1.29, 1.82) is 0 Å². The number of hydrogen-bond donors (Lipinski definition) is 0. The van der Waals surface area contributed by atoms with Crippen molar-refractivity contribution in [2.75, 3.05) is 14.2 Å². The summed E-state index contributed by atoms with van der Waals surface area (Å²) < 4.78 is 72.2. The molecule has 1 saturated carbocycles. The summed E-state index contributed by atoms with van der Waals surface area (Å²) >= 11 is 6.15. The van der Waals surface area contributed by atoms with Crippen molar-refractivity contribution >= 4 is 29.5 Å². The number of methoxy groups -OCH3 is 2. The summed E-state index contributed by atoms with van der Waals surface area (Å²) in [4.78, 5) is 38.4. The average Bonchev–Trinajstić information content (AvgIpc) is 3.49. The number of carbonyl (C=O) groups excluding carboxylic acids is 2. The lowest BCUT2D eigenvalue weighted by Crippen LogP contribution is -2.43. The Morgan fingerprint density at radius 2 is 1.74 bits per heavy atom. The standard InChI is InChI=1S/C28H23ClF4N4O5/c1-40-27(38)20-12-42-26(36-20)14-5-3-13(4-6-14)21-10-19(16-7-8-17(31)23(33)22(16)29)35-25(37(21)28(39)41-2)24-18(32)9-15(30)11-34-24/h7-14,19H,3-6H2,1-2H3. The first kappa shape index (κ1) is 29.2. The quantitative estimate of drug-likeness (QED) is 0.185. The summed E-state index contributed by atoms with van der Waals surface area (Å²) in [5.74, 6) is -5.58. The minimum atomic E-state index is -1.29. The Balaban J connectivity index is 1.54. The van der Waals surface area contributed by atoms with E-state index in [1.54, 1.807) is 6.08 Å². The van der Waals surface area contributed by atoms with Gasteiger partial charge in [0.05, 0.1) is 31.5 Å². The molecule has 3 heterocycles. The van der Waals surface area contributed by atoms with Crippen LogP contribution in [0.5, 0.6) is 0 Å². The van der Waals surface area contributed by atoms with Crippen LogP contribution in [0.3, 0.4) is 0 Å². The van der Waals surface area contributed by atoms with Gasteiger partial charge in [-0.3, -0.25) is 4.99 Å². The van der Waals surface area contributed by atoms with Gasteiger partial charge in [0.25, 0.3) is 0 Å². The van der Waals surface area contributed by atoms with Crippen LogP contribution in [0.1, 0.15) is 65.3 Å². The molecule has 42 heavy (non-hydrogen) atoms. The fourth-order valence-electron chi connectivity index (χ4n) is 5.17. The van der Waals surface area contributed by atoms with Crippen LogP contribution in [0, 0.1) is 29.2 Å². The molecule has 1 amide bonds. The van der Waals surface area contributed by atoms with E-state index in [0.717, 1.165) is 24.3 Å². The maximum atomic E-state index is 15.0. The number of amides is 1. The summed E-state index contributed by atoms with van der Waals surface area (Å²) in [5, 5.41) is -0.535. The molecule has 14 heteroatoms. The maximum Gasteiger partial charge on any atom is 0.419 e. The summed E-state index contributed by atoms with van der Waals surface area (Å²) in [6.45, 7) is 0.